The first-order valence-corrected chi connectivity index (χ1v) is 13.4. The molecule has 0 bridgehead atoms. The fourth-order valence-electron chi connectivity index (χ4n) is 4.68. The fourth-order valence-corrected chi connectivity index (χ4v) is 5.18. The summed E-state index contributed by atoms with van der Waals surface area (Å²) < 4.78 is 40.8. The zero-order valence-electron chi connectivity index (χ0n) is 21.3. The van der Waals surface area contributed by atoms with Gasteiger partial charge in [-0.25, -0.2) is 0 Å². The first-order chi connectivity index (χ1) is 17.5. The van der Waals surface area contributed by atoms with E-state index in [4.69, 9.17) is 28.9 Å². The molecule has 10 heteroatoms. The number of amides is 1. The Labute approximate surface area is 227 Å². The van der Waals surface area contributed by atoms with Crippen molar-refractivity contribution in [1.82, 2.24) is 10.2 Å². The molecule has 1 aliphatic heterocycles. The molecule has 0 radical (unpaired) electrons. The third-order valence-electron chi connectivity index (χ3n) is 7.01. The number of rotatable bonds is 10. The van der Waals surface area contributed by atoms with Crippen LogP contribution in [0.25, 0.3) is 0 Å². The lowest BCUT2D eigenvalue weighted by Gasteiger charge is -2.39. The molecule has 1 amide bonds. The normalized spacial score (nSPS) is 16.1. The Morgan fingerprint density at radius 1 is 1.11 bits per heavy atom. The number of anilines is 1. The average molecular weight is 560 g/mol. The molecule has 1 heterocycles. The molecular formula is C27H35Cl2F3N4O. The van der Waals surface area contributed by atoms with Crippen LogP contribution in [-0.2, 0) is 17.4 Å². The summed E-state index contributed by atoms with van der Waals surface area (Å²) in [5, 5.41) is 4.45. The zero-order valence-corrected chi connectivity index (χ0v) is 22.8. The first kappa shape index (κ1) is 29.6. The second kappa shape index (κ2) is 13.2. The molecule has 5 nitrogen and oxygen atoms in total. The lowest BCUT2D eigenvalue weighted by atomic mass is 9.89. The van der Waals surface area contributed by atoms with Crippen molar-refractivity contribution in [3.05, 3.63) is 63.1 Å². The number of nitrogens with two attached hydrogens (primary N) is 1. The molecule has 0 spiro atoms. The van der Waals surface area contributed by atoms with E-state index in [1.165, 1.54) is 6.07 Å². The summed E-state index contributed by atoms with van der Waals surface area (Å²) in [5.74, 6) is 0.136. The summed E-state index contributed by atoms with van der Waals surface area (Å²) in [4.78, 5) is 16.7. The molecule has 1 saturated heterocycles. The summed E-state index contributed by atoms with van der Waals surface area (Å²) >= 11 is 12.2. The van der Waals surface area contributed by atoms with Gasteiger partial charge in [-0.3, -0.25) is 4.79 Å². The smallest absolute Gasteiger partial charge is 0.368 e. The number of benzene rings is 2. The maximum absolute atomic E-state index is 13.6. The van der Waals surface area contributed by atoms with Gasteiger partial charge >= 0.3 is 6.18 Å². The highest BCUT2D eigenvalue weighted by atomic mass is 35.5. The Morgan fingerprint density at radius 2 is 1.81 bits per heavy atom. The van der Waals surface area contributed by atoms with Crippen LogP contribution in [0.5, 0.6) is 0 Å². The van der Waals surface area contributed by atoms with E-state index in [0.29, 0.717) is 67.7 Å². The summed E-state index contributed by atoms with van der Waals surface area (Å²) in [5.41, 5.74) is 7.29. The van der Waals surface area contributed by atoms with E-state index in [9.17, 15) is 18.0 Å². The van der Waals surface area contributed by atoms with E-state index in [0.717, 1.165) is 23.7 Å². The third-order valence-corrected chi connectivity index (χ3v) is 7.59. The van der Waals surface area contributed by atoms with Crippen molar-refractivity contribution in [2.75, 3.05) is 44.2 Å². The van der Waals surface area contributed by atoms with E-state index < -0.39 is 11.7 Å². The van der Waals surface area contributed by atoms with Gasteiger partial charge in [0, 0.05) is 67.5 Å². The van der Waals surface area contributed by atoms with E-state index in [1.807, 2.05) is 24.8 Å². The topological polar surface area (TPSA) is 61.6 Å². The summed E-state index contributed by atoms with van der Waals surface area (Å²) in [6, 6.07) is 8.95. The molecule has 37 heavy (non-hydrogen) atoms. The molecule has 1 unspecified atom stereocenters. The molecule has 2 atom stereocenters. The number of carbonyl (C=O) groups is 1. The van der Waals surface area contributed by atoms with E-state index in [2.05, 4.69) is 10.2 Å². The van der Waals surface area contributed by atoms with Gasteiger partial charge in [0.15, 0.2) is 0 Å². The number of aryl methyl sites for hydroxylation is 1. The Kier molecular flexibility index (Phi) is 10.5. The van der Waals surface area contributed by atoms with Crippen LogP contribution in [0, 0.1) is 5.92 Å². The highest BCUT2D eigenvalue weighted by Crippen LogP contribution is 2.38. The highest BCUT2D eigenvalue weighted by Gasteiger charge is 2.34. The maximum Gasteiger partial charge on any atom is 0.416 e. The van der Waals surface area contributed by atoms with Crippen molar-refractivity contribution in [1.29, 1.82) is 0 Å². The van der Waals surface area contributed by atoms with E-state index in [-0.39, 0.29) is 17.9 Å². The molecule has 3 N–H and O–H groups in total. The van der Waals surface area contributed by atoms with Crippen LogP contribution in [0.3, 0.4) is 0 Å². The minimum atomic E-state index is -4.43. The molecule has 2 aromatic carbocycles. The van der Waals surface area contributed by atoms with Gasteiger partial charge in [-0.05, 0) is 53.8 Å². The molecule has 0 aliphatic carbocycles. The van der Waals surface area contributed by atoms with Crippen molar-refractivity contribution >= 4 is 34.8 Å². The van der Waals surface area contributed by atoms with Crippen LogP contribution < -0.4 is 16.0 Å². The average Bonchev–Trinajstić information content (AvgIpc) is 2.87. The Hall–Kier alpha value is -2.00. The number of nitrogens with one attached hydrogen (secondary N) is 1. The molecule has 204 valence electrons. The molecule has 3 rings (SSSR count). The highest BCUT2D eigenvalue weighted by molar-refractivity contribution is 6.35. The van der Waals surface area contributed by atoms with Gasteiger partial charge < -0.3 is 20.9 Å². The van der Waals surface area contributed by atoms with E-state index >= 15 is 0 Å². The SMILES string of the molecule is CCC(C)[C@H](NCCN)c1cc(C(F)(F)F)ccc1N1CCN(C(=O)CCc2ccc(Cl)cc2Cl)CC1. The number of carbonyl (C=O) groups excluding carboxylic acids is 1. The van der Waals surface area contributed by atoms with Gasteiger partial charge in [0.05, 0.1) is 5.56 Å². The van der Waals surface area contributed by atoms with Crippen LogP contribution in [0.15, 0.2) is 36.4 Å². The lowest BCUT2D eigenvalue weighted by Crippen LogP contribution is -2.49. The van der Waals surface area contributed by atoms with Gasteiger partial charge in [-0.2, -0.15) is 13.2 Å². The first-order valence-electron chi connectivity index (χ1n) is 12.7. The number of nitrogens with zero attached hydrogens (tertiary/aromatic N) is 2. The standard InChI is InChI=1S/C27H35Cl2F3N4O/c1-3-18(2)26(34-11-10-33)22-16-20(27(30,31)32)6-8-24(22)35-12-14-36(15-13-35)25(37)9-5-19-4-7-21(28)17-23(19)29/h4,6-8,16-18,26,34H,3,5,9-15,33H2,1-2H3/t18?,26-/m0/s1. The molecular weight excluding hydrogens is 524 g/mol. The van der Waals surface area contributed by atoms with Crippen LogP contribution in [0.1, 0.15) is 49.4 Å². The number of piperazine rings is 1. The van der Waals surface area contributed by atoms with Crippen molar-refractivity contribution in [3.63, 3.8) is 0 Å². The fraction of sp³-hybridized carbons (Fsp3) is 0.519. The number of halogens is 5. The second-order valence-electron chi connectivity index (χ2n) is 9.48. The Morgan fingerprint density at radius 3 is 2.41 bits per heavy atom. The number of hydrogen-bond donors (Lipinski definition) is 2. The largest absolute Gasteiger partial charge is 0.416 e. The molecule has 1 aliphatic rings. The van der Waals surface area contributed by atoms with Crippen molar-refractivity contribution < 1.29 is 18.0 Å². The second-order valence-corrected chi connectivity index (χ2v) is 10.3. The minimum absolute atomic E-state index is 0.0282. The lowest BCUT2D eigenvalue weighted by molar-refractivity contribution is -0.137. The number of hydrogen-bond acceptors (Lipinski definition) is 4. The van der Waals surface area contributed by atoms with Crippen molar-refractivity contribution in [2.24, 2.45) is 11.7 Å². The molecule has 0 aromatic heterocycles. The van der Waals surface area contributed by atoms with Crippen LogP contribution >= 0.6 is 23.2 Å². The number of alkyl halides is 3. The zero-order chi connectivity index (χ0) is 27.2. The van der Waals surface area contributed by atoms with Crippen molar-refractivity contribution in [3.8, 4) is 0 Å². The van der Waals surface area contributed by atoms with Crippen LogP contribution in [0.2, 0.25) is 10.0 Å². The maximum atomic E-state index is 13.6. The van der Waals surface area contributed by atoms with Gasteiger partial charge in [0.2, 0.25) is 5.91 Å². The summed E-state index contributed by atoms with van der Waals surface area (Å²) in [7, 11) is 0. The summed E-state index contributed by atoms with van der Waals surface area (Å²) in [6.07, 6.45) is -2.79. The molecule has 2 aromatic rings. The third kappa shape index (κ3) is 7.76. The molecule has 0 saturated carbocycles. The quantitative estimate of drug-likeness (QED) is 0.379. The van der Waals surface area contributed by atoms with Gasteiger partial charge in [0.1, 0.15) is 0 Å². The van der Waals surface area contributed by atoms with Gasteiger partial charge in [0.25, 0.3) is 0 Å². The van der Waals surface area contributed by atoms with Crippen molar-refractivity contribution in [2.45, 2.75) is 45.3 Å². The van der Waals surface area contributed by atoms with Gasteiger partial charge in [-0.15, -0.1) is 0 Å². The summed E-state index contributed by atoms with van der Waals surface area (Å²) in [6.45, 7) is 7.02. The Bertz CT molecular complexity index is 1060. The Balaban J connectivity index is 1.74. The van der Waals surface area contributed by atoms with Crippen LogP contribution in [-0.4, -0.2) is 50.1 Å². The van der Waals surface area contributed by atoms with Gasteiger partial charge in [-0.1, -0.05) is 49.5 Å². The predicted molar refractivity (Wildman–Crippen MR) is 144 cm³/mol. The molecule has 1 fully saturated rings. The predicted octanol–water partition coefficient (Wildman–Crippen LogP) is 5.93. The minimum Gasteiger partial charge on any atom is -0.368 e. The van der Waals surface area contributed by atoms with E-state index in [1.54, 1.807) is 18.2 Å². The monoisotopic (exact) mass is 558 g/mol. The van der Waals surface area contributed by atoms with Crippen LogP contribution in [0.4, 0.5) is 18.9 Å².